The van der Waals surface area contributed by atoms with Crippen molar-refractivity contribution in [2.24, 2.45) is 5.10 Å². The van der Waals surface area contributed by atoms with Crippen molar-refractivity contribution in [1.82, 2.24) is 9.91 Å². The van der Waals surface area contributed by atoms with Gasteiger partial charge in [-0.25, -0.2) is 0 Å². The molecule has 0 N–H and O–H groups in total. The van der Waals surface area contributed by atoms with Crippen LogP contribution >= 0.6 is 0 Å². The predicted octanol–water partition coefficient (Wildman–Crippen LogP) is 0.711. The van der Waals surface area contributed by atoms with E-state index in [0.29, 0.717) is 0 Å². The molecule has 0 bridgehead atoms. The monoisotopic (exact) mass is 139 g/mol. The molecule has 0 aromatic heterocycles. The van der Waals surface area contributed by atoms with E-state index in [1.54, 1.807) is 0 Å². The normalized spacial score (nSPS) is 16.5. The molecule has 0 aliphatic carbocycles. The Kier molecular flexibility index (Phi) is 2.31. The standard InChI is InChI=1S/C7H13N3/c1-3-5-9-6-8-10(4-2)7-9/h3,6H,1,4-5,7H2,2H3. The quantitative estimate of drug-likeness (QED) is 0.536. The molecule has 1 aliphatic heterocycles. The van der Waals surface area contributed by atoms with Gasteiger partial charge in [-0.2, -0.15) is 5.10 Å². The van der Waals surface area contributed by atoms with Gasteiger partial charge in [0.15, 0.2) is 0 Å². The fourth-order valence-corrected chi connectivity index (χ4v) is 0.881. The van der Waals surface area contributed by atoms with Gasteiger partial charge in [-0.15, -0.1) is 6.58 Å². The van der Waals surface area contributed by atoms with Crippen molar-refractivity contribution in [2.45, 2.75) is 6.92 Å². The highest BCUT2D eigenvalue weighted by molar-refractivity contribution is 5.56. The van der Waals surface area contributed by atoms with Crippen molar-refractivity contribution in [3.63, 3.8) is 0 Å². The van der Waals surface area contributed by atoms with Gasteiger partial charge < -0.3 is 4.90 Å². The zero-order valence-electron chi connectivity index (χ0n) is 6.32. The Morgan fingerprint density at radius 2 is 2.60 bits per heavy atom. The van der Waals surface area contributed by atoms with E-state index < -0.39 is 0 Å². The summed E-state index contributed by atoms with van der Waals surface area (Å²) in [6.45, 7) is 8.52. The molecule has 0 unspecified atom stereocenters. The van der Waals surface area contributed by atoms with E-state index in [-0.39, 0.29) is 0 Å². The van der Waals surface area contributed by atoms with Crippen molar-refractivity contribution in [1.29, 1.82) is 0 Å². The van der Waals surface area contributed by atoms with E-state index in [1.807, 2.05) is 17.4 Å². The van der Waals surface area contributed by atoms with Crippen molar-refractivity contribution >= 4 is 6.34 Å². The van der Waals surface area contributed by atoms with Gasteiger partial charge in [0.05, 0.1) is 0 Å². The lowest BCUT2D eigenvalue weighted by molar-refractivity contribution is 0.255. The van der Waals surface area contributed by atoms with Gasteiger partial charge in [0, 0.05) is 13.1 Å². The highest BCUT2D eigenvalue weighted by atomic mass is 15.6. The number of hydrazone groups is 1. The van der Waals surface area contributed by atoms with Crippen LogP contribution in [0.4, 0.5) is 0 Å². The van der Waals surface area contributed by atoms with E-state index >= 15 is 0 Å². The van der Waals surface area contributed by atoms with Crippen molar-refractivity contribution in [2.75, 3.05) is 19.8 Å². The molecule has 0 saturated carbocycles. The minimum absolute atomic E-state index is 0.889. The highest BCUT2D eigenvalue weighted by Crippen LogP contribution is 1.99. The smallest absolute Gasteiger partial charge is 0.113 e. The minimum atomic E-state index is 0.889. The van der Waals surface area contributed by atoms with Gasteiger partial charge in [0.25, 0.3) is 0 Å². The van der Waals surface area contributed by atoms with Crippen LogP contribution in [0.15, 0.2) is 17.8 Å². The molecule has 1 aliphatic rings. The number of nitrogens with zero attached hydrogens (tertiary/aromatic N) is 3. The van der Waals surface area contributed by atoms with Crippen LogP contribution in [0, 0.1) is 0 Å². The molecular formula is C7H13N3. The second-order valence-electron chi connectivity index (χ2n) is 2.26. The summed E-state index contributed by atoms with van der Waals surface area (Å²) in [5.74, 6) is 0. The molecule has 0 radical (unpaired) electrons. The van der Waals surface area contributed by atoms with Gasteiger partial charge in [-0.3, -0.25) is 5.01 Å². The number of hydrogen-bond acceptors (Lipinski definition) is 3. The SMILES string of the molecule is C=CCN1C=NN(CC)C1. The summed E-state index contributed by atoms with van der Waals surface area (Å²) in [5.41, 5.74) is 0. The number of hydrogen-bond donors (Lipinski definition) is 0. The van der Waals surface area contributed by atoms with Crippen LogP contribution in [0.25, 0.3) is 0 Å². The fourth-order valence-electron chi connectivity index (χ4n) is 0.881. The summed E-state index contributed by atoms with van der Waals surface area (Å²) in [6.07, 6.45) is 3.73. The third-order valence-electron chi connectivity index (χ3n) is 1.45. The average molecular weight is 139 g/mol. The molecule has 3 nitrogen and oxygen atoms in total. The molecular weight excluding hydrogens is 126 g/mol. The Hall–Kier alpha value is -0.990. The molecule has 1 heterocycles. The summed E-state index contributed by atoms with van der Waals surface area (Å²) in [7, 11) is 0. The van der Waals surface area contributed by atoms with E-state index in [9.17, 15) is 0 Å². The van der Waals surface area contributed by atoms with Crippen molar-refractivity contribution in [3.8, 4) is 0 Å². The topological polar surface area (TPSA) is 18.8 Å². The summed E-state index contributed by atoms with van der Waals surface area (Å²) < 4.78 is 0. The van der Waals surface area contributed by atoms with E-state index in [0.717, 1.165) is 19.8 Å². The first-order valence-corrected chi connectivity index (χ1v) is 3.50. The molecule has 0 aromatic carbocycles. The predicted molar refractivity (Wildman–Crippen MR) is 42.6 cm³/mol. The van der Waals surface area contributed by atoms with Crippen LogP contribution in [-0.2, 0) is 0 Å². The van der Waals surface area contributed by atoms with Gasteiger partial charge in [-0.1, -0.05) is 6.08 Å². The third kappa shape index (κ3) is 1.50. The lowest BCUT2D eigenvalue weighted by Gasteiger charge is -2.15. The molecule has 1 rings (SSSR count). The average Bonchev–Trinajstić information content (AvgIpc) is 2.37. The van der Waals surface area contributed by atoms with Crippen LogP contribution in [-0.4, -0.2) is 36.0 Å². The Balaban J connectivity index is 2.30. The lowest BCUT2D eigenvalue weighted by Crippen LogP contribution is -2.26. The first-order valence-electron chi connectivity index (χ1n) is 3.50. The van der Waals surface area contributed by atoms with Gasteiger partial charge in [0.2, 0.25) is 0 Å². The van der Waals surface area contributed by atoms with Gasteiger partial charge >= 0.3 is 0 Å². The summed E-state index contributed by atoms with van der Waals surface area (Å²) >= 11 is 0. The van der Waals surface area contributed by atoms with Crippen LogP contribution in [0.3, 0.4) is 0 Å². The number of rotatable bonds is 3. The van der Waals surface area contributed by atoms with Crippen molar-refractivity contribution in [3.05, 3.63) is 12.7 Å². The first-order chi connectivity index (χ1) is 4.86. The fraction of sp³-hybridized carbons (Fsp3) is 0.571. The molecule has 3 heteroatoms. The zero-order valence-corrected chi connectivity index (χ0v) is 6.32. The minimum Gasteiger partial charge on any atom is -0.338 e. The molecule has 0 atom stereocenters. The van der Waals surface area contributed by atoms with E-state index in [2.05, 4.69) is 23.5 Å². The van der Waals surface area contributed by atoms with Gasteiger partial charge in [-0.05, 0) is 6.92 Å². The lowest BCUT2D eigenvalue weighted by atomic mass is 10.6. The second kappa shape index (κ2) is 3.25. The Bertz CT molecular complexity index is 142. The highest BCUT2D eigenvalue weighted by Gasteiger charge is 2.08. The molecule has 56 valence electrons. The van der Waals surface area contributed by atoms with E-state index in [4.69, 9.17) is 0 Å². The van der Waals surface area contributed by atoms with Crippen LogP contribution in [0.5, 0.6) is 0 Å². The molecule has 0 aromatic rings. The van der Waals surface area contributed by atoms with Crippen LogP contribution in [0.1, 0.15) is 6.92 Å². The Morgan fingerprint density at radius 3 is 3.10 bits per heavy atom. The van der Waals surface area contributed by atoms with Crippen LogP contribution in [0.2, 0.25) is 0 Å². The van der Waals surface area contributed by atoms with Crippen molar-refractivity contribution < 1.29 is 0 Å². The molecule has 0 spiro atoms. The molecule has 0 saturated heterocycles. The molecule has 10 heavy (non-hydrogen) atoms. The van der Waals surface area contributed by atoms with E-state index in [1.165, 1.54) is 0 Å². The zero-order chi connectivity index (χ0) is 7.40. The summed E-state index contributed by atoms with van der Waals surface area (Å²) in [5, 5.41) is 6.14. The summed E-state index contributed by atoms with van der Waals surface area (Å²) in [4.78, 5) is 2.11. The maximum absolute atomic E-state index is 4.14. The largest absolute Gasteiger partial charge is 0.338 e. The maximum atomic E-state index is 4.14. The molecule has 0 amide bonds. The van der Waals surface area contributed by atoms with Gasteiger partial charge in [0.1, 0.15) is 13.0 Å². The maximum Gasteiger partial charge on any atom is 0.113 e. The summed E-state index contributed by atoms with van der Waals surface area (Å²) in [6, 6.07) is 0. The molecule has 0 fully saturated rings. The first kappa shape index (κ1) is 7.12. The Morgan fingerprint density at radius 1 is 1.80 bits per heavy atom. The van der Waals surface area contributed by atoms with Crippen LogP contribution < -0.4 is 0 Å². The third-order valence-corrected chi connectivity index (χ3v) is 1.45. The second-order valence-corrected chi connectivity index (χ2v) is 2.26. The Labute approximate surface area is 61.6 Å².